The number of alkyl halides is 1. The number of halogens is 1. The van der Waals surface area contributed by atoms with Crippen molar-refractivity contribution in [3.05, 3.63) is 70.3 Å². The van der Waals surface area contributed by atoms with Crippen LogP contribution in [0.2, 0.25) is 0 Å². The first-order valence-electron chi connectivity index (χ1n) is 6.33. The SMILES string of the molecule is Cc1ccc(C(Cl)Cc2ccc(C)c(C)c2)cc1. The molecule has 0 radical (unpaired) electrons. The van der Waals surface area contributed by atoms with E-state index < -0.39 is 0 Å². The zero-order chi connectivity index (χ0) is 13.1. The summed E-state index contributed by atoms with van der Waals surface area (Å²) in [5, 5.41) is 0.0488. The molecule has 2 aromatic rings. The summed E-state index contributed by atoms with van der Waals surface area (Å²) in [5.74, 6) is 0. The topological polar surface area (TPSA) is 0 Å². The predicted molar refractivity (Wildman–Crippen MR) is 79.4 cm³/mol. The standard InChI is InChI=1S/C17H19Cl/c1-12-4-8-16(9-5-12)17(18)11-15-7-6-13(2)14(3)10-15/h4-10,17H,11H2,1-3H3. The lowest BCUT2D eigenvalue weighted by atomic mass is 10.00. The van der Waals surface area contributed by atoms with Crippen molar-refractivity contribution in [2.24, 2.45) is 0 Å². The Hall–Kier alpha value is -1.27. The van der Waals surface area contributed by atoms with E-state index in [1.54, 1.807) is 0 Å². The second-order valence-electron chi connectivity index (χ2n) is 5.00. The number of benzene rings is 2. The van der Waals surface area contributed by atoms with Crippen LogP contribution in [0.1, 0.15) is 33.2 Å². The third kappa shape index (κ3) is 3.14. The molecule has 2 aromatic carbocycles. The van der Waals surface area contributed by atoms with Gasteiger partial charge in [-0.05, 0) is 49.4 Å². The van der Waals surface area contributed by atoms with Crippen molar-refractivity contribution in [1.82, 2.24) is 0 Å². The van der Waals surface area contributed by atoms with Gasteiger partial charge in [0.1, 0.15) is 0 Å². The molecule has 0 nitrogen and oxygen atoms in total. The van der Waals surface area contributed by atoms with Crippen LogP contribution in [0.4, 0.5) is 0 Å². The van der Waals surface area contributed by atoms with Crippen molar-refractivity contribution in [3.63, 3.8) is 0 Å². The summed E-state index contributed by atoms with van der Waals surface area (Å²) < 4.78 is 0. The smallest absolute Gasteiger partial charge is 0.0625 e. The fourth-order valence-corrected chi connectivity index (χ4v) is 2.35. The van der Waals surface area contributed by atoms with E-state index in [-0.39, 0.29) is 5.38 Å². The van der Waals surface area contributed by atoms with Crippen molar-refractivity contribution in [1.29, 1.82) is 0 Å². The Morgan fingerprint density at radius 1 is 0.889 bits per heavy atom. The second-order valence-corrected chi connectivity index (χ2v) is 5.53. The maximum Gasteiger partial charge on any atom is 0.0625 e. The lowest BCUT2D eigenvalue weighted by Gasteiger charge is -2.11. The molecule has 0 heterocycles. The molecule has 94 valence electrons. The zero-order valence-electron chi connectivity index (χ0n) is 11.2. The van der Waals surface area contributed by atoms with E-state index in [1.165, 1.54) is 27.8 Å². The van der Waals surface area contributed by atoms with Gasteiger partial charge < -0.3 is 0 Å². The summed E-state index contributed by atoms with van der Waals surface area (Å²) in [6, 6.07) is 15.0. The molecule has 0 aliphatic carbocycles. The Morgan fingerprint density at radius 2 is 1.56 bits per heavy atom. The second kappa shape index (κ2) is 5.58. The van der Waals surface area contributed by atoms with Crippen LogP contribution < -0.4 is 0 Å². The molecular weight excluding hydrogens is 240 g/mol. The van der Waals surface area contributed by atoms with Gasteiger partial charge >= 0.3 is 0 Å². The van der Waals surface area contributed by atoms with Gasteiger partial charge in [0.15, 0.2) is 0 Å². The minimum absolute atomic E-state index is 0.0488. The lowest BCUT2D eigenvalue weighted by molar-refractivity contribution is 0.916. The van der Waals surface area contributed by atoms with Crippen LogP contribution in [-0.2, 0) is 6.42 Å². The van der Waals surface area contributed by atoms with Gasteiger partial charge in [-0.2, -0.15) is 0 Å². The van der Waals surface area contributed by atoms with E-state index in [9.17, 15) is 0 Å². The highest BCUT2D eigenvalue weighted by molar-refractivity contribution is 6.20. The first-order valence-corrected chi connectivity index (χ1v) is 6.76. The third-order valence-corrected chi connectivity index (χ3v) is 3.83. The molecule has 0 amide bonds. The van der Waals surface area contributed by atoms with Crippen LogP contribution in [0.15, 0.2) is 42.5 Å². The quantitative estimate of drug-likeness (QED) is 0.669. The number of rotatable bonds is 3. The molecule has 0 aliphatic rings. The van der Waals surface area contributed by atoms with Crippen LogP contribution in [0.3, 0.4) is 0 Å². The minimum Gasteiger partial charge on any atom is -0.117 e. The van der Waals surface area contributed by atoms with Gasteiger partial charge in [-0.3, -0.25) is 0 Å². The molecule has 0 aromatic heterocycles. The van der Waals surface area contributed by atoms with Gasteiger partial charge in [0.25, 0.3) is 0 Å². The summed E-state index contributed by atoms with van der Waals surface area (Å²) in [5.41, 5.74) is 6.44. The molecule has 0 saturated heterocycles. The summed E-state index contributed by atoms with van der Waals surface area (Å²) in [6.45, 7) is 6.38. The summed E-state index contributed by atoms with van der Waals surface area (Å²) in [7, 11) is 0. The highest BCUT2D eigenvalue weighted by atomic mass is 35.5. The van der Waals surface area contributed by atoms with Crippen LogP contribution in [0, 0.1) is 20.8 Å². The zero-order valence-corrected chi connectivity index (χ0v) is 12.0. The van der Waals surface area contributed by atoms with E-state index in [4.69, 9.17) is 11.6 Å². The van der Waals surface area contributed by atoms with E-state index in [0.29, 0.717) is 0 Å². The van der Waals surface area contributed by atoms with E-state index >= 15 is 0 Å². The van der Waals surface area contributed by atoms with E-state index in [0.717, 1.165) is 6.42 Å². The first kappa shape index (κ1) is 13.2. The van der Waals surface area contributed by atoms with Crippen molar-refractivity contribution >= 4 is 11.6 Å². The van der Waals surface area contributed by atoms with Gasteiger partial charge in [-0.25, -0.2) is 0 Å². The first-order chi connectivity index (χ1) is 8.56. The Labute approximate surface area is 115 Å². The van der Waals surface area contributed by atoms with Gasteiger partial charge in [0.2, 0.25) is 0 Å². The summed E-state index contributed by atoms with van der Waals surface area (Å²) in [6.07, 6.45) is 0.881. The average molecular weight is 259 g/mol. The molecule has 0 saturated carbocycles. The molecule has 1 atom stereocenters. The van der Waals surface area contributed by atoms with Crippen LogP contribution in [0.25, 0.3) is 0 Å². The van der Waals surface area contributed by atoms with E-state index in [1.807, 2.05) is 0 Å². The van der Waals surface area contributed by atoms with Crippen LogP contribution in [0.5, 0.6) is 0 Å². The van der Waals surface area contributed by atoms with Gasteiger partial charge in [0, 0.05) is 0 Å². The highest BCUT2D eigenvalue weighted by Crippen LogP contribution is 2.26. The average Bonchev–Trinajstić information content (AvgIpc) is 2.34. The summed E-state index contributed by atoms with van der Waals surface area (Å²) in [4.78, 5) is 0. The maximum atomic E-state index is 6.49. The monoisotopic (exact) mass is 258 g/mol. The van der Waals surface area contributed by atoms with Crippen LogP contribution >= 0.6 is 11.6 Å². The van der Waals surface area contributed by atoms with Gasteiger partial charge in [-0.1, -0.05) is 48.0 Å². The van der Waals surface area contributed by atoms with Crippen LogP contribution in [-0.4, -0.2) is 0 Å². The fraction of sp³-hybridized carbons (Fsp3) is 0.294. The highest BCUT2D eigenvalue weighted by Gasteiger charge is 2.09. The van der Waals surface area contributed by atoms with Crippen molar-refractivity contribution in [3.8, 4) is 0 Å². The predicted octanol–water partition coefficient (Wildman–Crippen LogP) is 5.13. The number of hydrogen-bond acceptors (Lipinski definition) is 0. The molecule has 0 spiro atoms. The Kier molecular flexibility index (Phi) is 4.08. The van der Waals surface area contributed by atoms with E-state index in [2.05, 4.69) is 63.2 Å². The van der Waals surface area contributed by atoms with Gasteiger partial charge in [-0.15, -0.1) is 11.6 Å². The van der Waals surface area contributed by atoms with Crippen molar-refractivity contribution in [2.45, 2.75) is 32.6 Å². The molecule has 0 fully saturated rings. The van der Waals surface area contributed by atoms with Gasteiger partial charge in [0.05, 0.1) is 5.38 Å². The molecule has 0 bridgehead atoms. The molecule has 2 rings (SSSR count). The molecule has 1 unspecified atom stereocenters. The summed E-state index contributed by atoms with van der Waals surface area (Å²) >= 11 is 6.49. The Bertz CT molecular complexity index is 526. The molecule has 0 N–H and O–H groups in total. The molecular formula is C17H19Cl. The molecule has 0 aliphatic heterocycles. The Balaban J connectivity index is 2.13. The number of aryl methyl sites for hydroxylation is 3. The molecule has 1 heteroatoms. The number of hydrogen-bond donors (Lipinski definition) is 0. The largest absolute Gasteiger partial charge is 0.117 e. The lowest BCUT2D eigenvalue weighted by Crippen LogP contribution is -1.97. The molecule has 18 heavy (non-hydrogen) atoms. The minimum atomic E-state index is 0.0488. The van der Waals surface area contributed by atoms with Crippen molar-refractivity contribution in [2.75, 3.05) is 0 Å². The normalized spacial score (nSPS) is 12.4. The third-order valence-electron chi connectivity index (χ3n) is 3.43. The fourth-order valence-electron chi connectivity index (χ4n) is 2.03. The Morgan fingerprint density at radius 3 is 2.17 bits per heavy atom. The van der Waals surface area contributed by atoms with Crippen molar-refractivity contribution < 1.29 is 0 Å². The maximum absolute atomic E-state index is 6.49.